The number of aliphatic carboxylic acids is 1. The van der Waals surface area contributed by atoms with Crippen molar-refractivity contribution in [1.82, 2.24) is 4.98 Å². The Morgan fingerprint density at radius 1 is 1.65 bits per heavy atom. The highest BCUT2D eigenvalue weighted by Crippen LogP contribution is 2.28. The second-order valence-electron chi connectivity index (χ2n) is 3.58. The van der Waals surface area contributed by atoms with Gasteiger partial charge in [-0.1, -0.05) is 12.2 Å². The summed E-state index contributed by atoms with van der Waals surface area (Å²) in [7, 11) is 0. The third-order valence-electron chi connectivity index (χ3n) is 2.38. The minimum Gasteiger partial charge on any atom is -0.481 e. The largest absolute Gasteiger partial charge is 0.481 e. The fraction of sp³-hybridized carbons (Fsp3) is 0.333. The molecular weight excluding hydrogens is 246 g/mol. The Hall–Kier alpha value is -1.96. The van der Waals surface area contributed by atoms with Crippen molar-refractivity contribution in [3.8, 4) is 0 Å². The second kappa shape index (κ2) is 4.50. The summed E-state index contributed by atoms with van der Waals surface area (Å²) < 4.78 is 0. The van der Waals surface area contributed by atoms with Gasteiger partial charge in [0.05, 0.1) is 10.8 Å². The lowest BCUT2D eigenvalue weighted by Gasteiger charge is -2.09. The topological polar surface area (TPSA) is 105 Å². The van der Waals surface area contributed by atoms with Crippen LogP contribution in [0.5, 0.6) is 0 Å². The standard InChI is InChI=1S/C9H9N3O4S/c13-8(14)5-1-2-6(3-5)11-9-10-4-7(17-9)12(15)16/h1-2,4-6H,3H2,(H,10,11)(H,13,14). The van der Waals surface area contributed by atoms with Gasteiger partial charge in [-0.25, -0.2) is 4.98 Å². The van der Waals surface area contributed by atoms with Crippen LogP contribution in [-0.2, 0) is 4.79 Å². The molecule has 8 heteroatoms. The van der Waals surface area contributed by atoms with Gasteiger partial charge in [-0.15, -0.1) is 0 Å². The van der Waals surface area contributed by atoms with Crippen LogP contribution >= 0.6 is 11.3 Å². The zero-order valence-electron chi connectivity index (χ0n) is 8.57. The Morgan fingerprint density at radius 2 is 2.41 bits per heavy atom. The summed E-state index contributed by atoms with van der Waals surface area (Å²) in [6, 6.07) is -0.137. The summed E-state index contributed by atoms with van der Waals surface area (Å²) >= 11 is 0.935. The molecule has 0 aromatic carbocycles. The molecule has 1 heterocycles. The van der Waals surface area contributed by atoms with Crippen LogP contribution in [0.15, 0.2) is 18.3 Å². The summed E-state index contributed by atoms with van der Waals surface area (Å²) in [5, 5.41) is 22.6. The zero-order chi connectivity index (χ0) is 12.4. The summed E-state index contributed by atoms with van der Waals surface area (Å²) in [6.45, 7) is 0. The van der Waals surface area contributed by atoms with Gasteiger partial charge in [0.2, 0.25) is 0 Å². The van der Waals surface area contributed by atoms with Crippen LogP contribution in [0.3, 0.4) is 0 Å². The number of carboxylic acids is 1. The molecule has 0 fully saturated rings. The quantitative estimate of drug-likeness (QED) is 0.479. The molecule has 2 rings (SSSR count). The molecule has 2 atom stereocenters. The van der Waals surface area contributed by atoms with Gasteiger partial charge in [0.15, 0.2) is 5.13 Å². The van der Waals surface area contributed by atoms with E-state index >= 15 is 0 Å². The molecule has 90 valence electrons. The molecule has 2 N–H and O–H groups in total. The number of thiazole rings is 1. The molecule has 1 aliphatic rings. The monoisotopic (exact) mass is 255 g/mol. The van der Waals surface area contributed by atoms with Gasteiger partial charge in [-0.2, -0.15) is 0 Å². The first-order valence-corrected chi connectivity index (χ1v) is 5.66. The van der Waals surface area contributed by atoms with Crippen LogP contribution in [0.25, 0.3) is 0 Å². The average Bonchev–Trinajstić information content (AvgIpc) is 2.87. The first-order chi connectivity index (χ1) is 8.06. The number of carboxylic acid groups (broad SMARTS) is 1. The van der Waals surface area contributed by atoms with Crippen molar-refractivity contribution in [1.29, 1.82) is 0 Å². The van der Waals surface area contributed by atoms with Crippen LogP contribution in [0.2, 0.25) is 0 Å². The Balaban J connectivity index is 1.96. The van der Waals surface area contributed by atoms with Crippen molar-refractivity contribution in [3.05, 3.63) is 28.5 Å². The molecule has 1 aromatic heterocycles. The molecule has 2 unspecified atom stereocenters. The summed E-state index contributed by atoms with van der Waals surface area (Å²) in [5.41, 5.74) is 0. The first-order valence-electron chi connectivity index (χ1n) is 4.84. The molecule has 0 amide bonds. The van der Waals surface area contributed by atoms with E-state index < -0.39 is 16.8 Å². The Labute approximate surface area is 99.9 Å². The van der Waals surface area contributed by atoms with E-state index in [1.165, 1.54) is 6.20 Å². The van der Waals surface area contributed by atoms with Gasteiger partial charge in [0, 0.05) is 6.04 Å². The maximum absolute atomic E-state index is 10.7. The van der Waals surface area contributed by atoms with E-state index in [9.17, 15) is 14.9 Å². The highest BCUT2D eigenvalue weighted by atomic mass is 32.1. The molecule has 0 bridgehead atoms. The zero-order valence-corrected chi connectivity index (χ0v) is 9.38. The minimum atomic E-state index is -0.865. The van der Waals surface area contributed by atoms with Gasteiger partial charge < -0.3 is 10.4 Å². The van der Waals surface area contributed by atoms with Crippen molar-refractivity contribution in [2.24, 2.45) is 5.92 Å². The van der Waals surface area contributed by atoms with E-state index in [1.807, 2.05) is 0 Å². The smallest absolute Gasteiger partial charge is 0.345 e. The van der Waals surface area contributed by atoms with Gasteiger partial charge in [0.1, 0.15) is 6.20 Å². The number of nitro groups is 1. The third kappa shape index (κ3) is 2.59. The Bertz CT molecular complexity index is 484. The van der Waals surface area contributed by atoms with Crippen LogP contribution in [0.4, 0.5) is 10.1 Å². The number of carbonyl (C=O) groups is 1. The summed E-state index contributed by atoms with van der Waals surface area (Å²) in [4.78, 5) is 24.5. The molecule has 0 saturated carbocycles. The van der Waals surface area contributed by atoms with Gasteiger partial charge in [-0.3, -0.25) is 14.9 Å². The highest BCUT2D eigenvalue weighted by molar-refractivity contribution is 7.18. The fourth-order valence-electron chi connectivity index (χ4n) is 1.56. The van der Waals surface area contributed by atoms with Crippen LogP contribution in [-0.4, -0.2) is 27.0 Å². The SMILES string of the molecule is O=C(O)C1C=CC(Nc2ncc([N+](=O)[O-])s2)C1. The molecule has 0 spiro atoms. The van der Waals surface area contributed by atoms with E-state index in [1.54, 1.807) is 12.2 Å². The van der Waals surface area contributed by atoms with Gasteiger partial charge >= 0.3 is 11.0 Å². The van der Waals surface area contributed by atoms with Crippen LogP contribution < -0.4 is 5.32 Å². The normalized spacial score (nSPS) is 22.6. The number of nitrogens with zero attached hydrogens (tertiary/aromatic N) is 2. The highest BCUT2D eigenvalue weighted by Gasteiger charge is 2.25. The maximum Gasteiger partial charge on any atom is 0.345 e. The predicted molar refractivity (Wildman–Crippen MR) is 61.1 cm³/mol. The number of nitrogens with one attached hydrogen (secondary N) is 1. The second-order valence-corrected chi connectivity index (χ2v) is 4.59. The van der Waals surface area contributed by atoms with E-state index in [0.29, 0.717) is 11.6 Å². The number of hydrogen-bond acceptors (Lipinski definition) is 6. The predicted octanol–water partition coefficient (Wildman–Crippen LogP) is 1.49. The van der Waals surface area contributed by atoms with Crippen molar-refractivity contribution in [2.75, 3.05) is 5.32 Å². The van der Waals surface area contributed by atoms with Crippen LogP contribution in [0.1, 0.15) is 6.42 Å². The van der Waals surface area contributed by atoms with E-state index in [4.69, 9.17) is 5.11 Å². The van der Waals surface area contributed by atoms with Crippen molar-refractivity contribution in [3.63, 3.8) is 0 Å². The van der Waals surface area contributed by atoms with Crippen LogP contribution in [0, 0.1) is 16.0 Å². The van der Waals surface area contributed by atoms with E-state index in [2.05, 4.69) is 10.3 Å². The number of rotatable bonds is 4. The Kier molecular flexibility index (Phi) is 3.05. The molecule has 0 aliphatic heterocycles. The molecule has 0 saturated heterocycles. The average molecular weight is 255 g/mol. The van der Waals surface area contributed by atoms with Crippen molar-refractivity contribution >= 4 is 27.4 Å². The minimum absolute atomic E-state index is 0.0377. The fourth-order valence-corrected chi connectivity index (χ4v) is 2.26. The molecule has 17 heavy (non-hydrogen) atoms. The third-order valence-corrected chi connectivity index (χ3v) is 3.26. The van der Waals surface area contributed by atoms with Crippen molar-refractivity contribution < 1.29 is 14.8 Å². The van der Waals surface area contributed by atoms with Gasteiger partial charge in [-0.05, 0) is 17.8 Å². The molecule has 1 aliphatic carbocycles. The lowest BCUT2D eigenvalue weighted by molar-refractivity contribution is -0.380. The number of anilines is 1. The first kappa shape index (κ1) is 11.5. The van der Waals surface area contributed by atoms with E-state index in [0.717, 1.165) is 11.3 Å². The lowest BCUT2D eigenvalue weighted by atomic mass is 10.1. The molecule has 1 aromatic rings. The summed E-state index contributed by atoms with van der Waals surface area (Å²) in [5.74, 6) is -1.36. The number of aromatic nitrogens is 1. The molecule has 7 nitrogen and oxygen atoms in total. The van der Waals surface area contributed by atoms with Crippen molar-refractivity contribution in [2.45, 2.75) is 12.5 Å². The van der Waals surface area contributed by atoms with Gasteiger partial charge in [0.25, 0.3) is 0 Å². The molecule has 0 radical (unpaired) electrons. The maximum atomic E-state index is 10.7. The van der Waals surface area contributed by atoms with E-state index in [-0.39, 0.29) is 11.0 Å². The number of hydrogen-bond donors (Lipinski definition) is 2. The molecular formula is C9H9N3O4S. The summed E-state index contributed by atoms with van der Waals surface area (Å²) in [6.07, 6.45) is 4.97. The lowest BCUT2D eigenvalue weighted by Crippen LogP contribution is -2.18. The Morgan fingerprint density at radius 3 is 2.94 bits per heavy atom.